The number of nitrogens with one attached hydrogen (secondary N) is 2. The number of nitrogens with zero attached hydrogens (tertiary/aromatic N) is 3. The van der Waals surface area contributed by atoms with E-state index in [2.05, 4.69) is 38.3 Å². The van der Waals surface area contributed by atoms with Crippen LogP contribution in [0, 0.1) is 0 Å². The lowest BCUT2D eigenvalue weighted by Gasteiger charge is -2.38. The number of carboxylic acid groups (broad SMARTS) is 1. The highest BCUT2D eigenvalue weighted by Gasteiger charge is 2.38. The number of piperazine rings is 2. The predicted octanol–water partition coefficient (Wildman–Crippen LogP) is 0.410. The molecule has 3 N–H and O–H groups in total. The Labute approximate surface area is 184 Å². The average molecular weight is 488 g/mol. The number of carboxylic acids is 1. The highest BCUT2D eigenvalue weighted by atomic mass is 32.2. The van der Waals surface area contributed by atoms with Gasteiger partial charge in [-0.15, -0.1) is 11.3 Å². The molecular formula is C17H28F3N5O4S2. The Bertz CT molecular complexity index is 778. The third kappa shape index (κ3) is 8.29. The van der Waals surface area contributed by atoms with Crippen LogP contribution in [0.15, 0.2) is 17.5 Å². The quantitative estimate of drug-likeness (QED) is 0.534. The molecule has 31 heavy (non-hydrogen) atoms. The van der Waals surface area contributed by atoms with Gasteiger partial charge < -0.3 is 15.3 Å². The maximum Gasteiger partial charge on any atom is 0.490 e. The minimum absolute atomic E-state index is 0.108. The molecule has 9 nitrogen and oxygen atoms in total. The minimum Gasteiger partial charge on any atom is -0.475 e. The van der Waals surface area contributed by atoms with Gasteiger partial charge in [-0.05, 0) is 18.5 Å². The first-order chi connectivity index (χ1) is 14.5. The Kier molecular flexibility index (Phi) is 9.66. The summed E-state index contributed by atoms with van der Waals surface area (Å²) in [5.74, 6) is -2.76. The molecule has 2 fully saturated rings. The Morgan fingerprint density at radius 3 is 2.29 bits per heavy atom. The lowest BCUT2D eigenvalue weighted by molar-refractivity contribution is -0.192. The molecule has 3 heterocycles. The Balaban J connectivity index is 0.000000423. The SMILES string of the molecule is CN1CCN(C(CNS(=O)(=O)N2CCNCC2)c2cccs2)CC1.O=C(O)C(F)(F)F. The fourth-order valence-electron chi connectivity index (χ4n) is 3.18. The van der Waals surface area contributed by atoms with Crippen LogP contribution in [-0.2, 0) is 15.0 Å². The summed E-state index contributed by atoms with van der Waals surface area (Å²) in [5.41, 5.74) is 0. The van der Waals surface area contributed by atoms with Crippen molar-refractivity contribution < 1.29 is 31.5 Å². The molecule has 0 aliphatic carbocycles. The second kappa shape index (κ2) is 11.5. The van der Waals surface area contributed by atoms with E-state index in [-0.39, 0.29) is 6.04 Å². The molecule has 1 unspecified atom stereocenters. The van der Waals surface area contributed by atoms with Gasteiger partial charge in [0.05, 0.1) is 6.04 Å². The molecular weight excluding hydrogens is 459 g/mol. The molecule has 0 amide bonds. The molecule has 0 saturated carbocycles. The summed E-state index contributed by atoms with van der Waals surface area (Å²) in [6.45, 7) is 6.90. The van der Waals surface area contributed by atoms with Crippen molar-refractivity contribution in [2.75, 3.05) is 66.0 Å². The Hall–Kier alpha value is -1.29. The summed E-state index contributed by atoms with van der Waals surface area (Å²) in [6.07, 6.45) is -5.08. The van der Waals surface area contributed by atoms with Crippen LogP contribution in [0.2, 0.25) is 0 Å². The van der Waals surface area contributed by atoms with Crippen molar-refractivity contribution in [1.82, 2.24) is 24.1 Å². The second-order valence-corrected chi connectivity index (χ2v) is 9.91. The van der Waals surface area contributed by atoms with Crippen LogP contribution in [0.3, 0.4) is 0 Å². The highest BCUT2D eigenvalue weighted by molar-refractivity contribution is 7.87. The molecule has 1 aromatic heterocycles. The topological polar surface area (TPSA) is 105 Å². The fourth-order valence-corrected chi connectivity index (χ4v) is 5.26. The summed E-state index contributed by atoms with van der Waals surface area (Å²) in [4.78, 5) is 14.8. The third-order valence-corrected chi connectivity index (χ3v) is 7.52. The zero-order valence-electron chi connectivity index (χ0n) is 17.1. The molecule has 2 aliphatic rings. The van der Waals surface area contributed by atoms with Gasteiger partial charge in [0, 0.05) is 63.8 Å². The van der Waals surface area contributed by atoms with Gasteiger partial charge in [-0.3, -0.25) is 4.90 Å². The number of alkyl halides is 3. The number of hydrogen-bond acceptors (Lipinski definition) is 7. The summed E-state index contributed by atoms with van der Waals surface area (Å²) in [5, 5.41) is 12.4. The maximum atomic E-state index is 12.6. The number of carbonyl (C=O) groups is 1. The monoisotopic (exact) mass is 487 g/mol. The number of aliphatic carboxylic acids is 1. The van der Waals surface area contributed by atoms with Crippen LogP contribution < -0.4 is 10.0 Å². The lowest BCUT2D eigenvalue weighted by atomic mass is 10.2. The molecule has 1 atom stereocenters. The van der Waals surface area contributed by atoms with Crippen molar-refractivity contribution in [1.29, 1.82) is 0 Å². The number of likely N-dealkylation sites (N-methyl/N-ethyl adjacent to an activating group) is 1. The molecule has 0 aromatic carbocycles. The van der Waals surface area contributed by atoms with Crippen molar-refractivity contribution in [3.8, 4) is 0 Å². The Morgan fingerprint density at radius 2 is 1.81 bits per heavy atom. The van der Waals surface area contributed by atoms with Gasteiger partial charge in [0.2, 0.25) is 0 Å². The van der Waals surface area contributed by atoms with Gasteiger partial charge in [0.1, 0.15) is 0 Å². The first kappa shape index (κ1) is 26.0. The predicted molar refractivity (Wildman–Crippen MR) is 111 cm³/mol. The van der Waals surface area contributed by atoms with E-state index in [0.29, 0.717) is 32.7 Å². The van der Waals surface area contributed by atoms with Crippen molar-refractivity contribution in [2.24, 2.45) is 0 Å². The molecule has 2 aliphatic heterocycles. The van der Waals surface area contributed by atoms with E-state index in [9.17, 15) is 21.6 Å². The number of halogens is 3. The van der Waals surface area contributed by atoms with Gasteiger partial charge in [0.25, 0.3) is 10.2 Å². The van der Waals surface area contributed by atoms with Crippen LogP contribution in [0.25, 0.3) is 0 Å². The number of thiophene rings is 1. The standard InChI is InChI=1S/C15H27N5O2S2.C2HF3O2/c1-18-8-10-19(11-9-18)14(15-3-2-12-23-15)13-17-24(21,22)20-6-4-16-5-7-20;3-2(4,5)1(6)7/h2-3,12,14,16-17H,4-11,13H2,1H3;(H,6,7). The van der Waals surface area contributed by atoms with Crippen LogP contribution in [-0.4, -0.2) is 106 Å². The van der Waals surface area contributed by atoms with Crippen molar-refractivity contribution in [3.63, 3.8) is 0 Å². The van der Waals surface area contributed by atoms with E-state index >= 15 is 0 Å². The zero-order chi connectivity index (χ0) is 23.1. The maximum absolute atomic E-state index is 12.6. The molecule has 0 spiro atoms. The molecule has 2 saturated heterocycles. The average Bonchev–Trinajstić information content (AvgIpc) is 3.24. The summed E-state index contributed by atoms with van der Waals surface area (Å²) in [7, 11) is -1.28. The van der Waals surface area contributed by atoms with Crippen molar-refractivity contribution in [3.05, 3.63) is 22.4 Å². The lowest BCUT2D eigenvalue weighted by Crippen LogP contribution is -2.53. The molecule has 1 aromatic rings. The fraction of sp³-hybridized carbons (Fsp3) is 0.706. The van der Waals surface area contributed by atoms with E-state index in [4.69, 9.17) is 9.90 Å². The van der Waals surface area contributed by atoms with Crippen LogP contribution in [0.1, 0.15) is 10.9 Å². The smallest absolute Gasteiger partial charge is 0.475 e. The van der Waals surface area contributed by atoms with E-state index < -0.39 is 22.4 Å². The highest BCUT2D eigenvalue weighted by Crippen LogP contribution is 2.26. The van der Waals surface area contributed by atoms with Crippen LogP contribution >= 0.6 is 11.3 Å². The summed E-state index contributed by atoms with van der Waals surface area (Å²) in [6, 6.07) is 4.25. The van der Waals surface area contributed by atoms with Gasteiger partial charge in [-0.2, -0.15) is 25.9 Å². The van der Waals surface area contributed by atoms with Gasteiger partial charge >= 0.3 is 12.1 Å². The van der Waals surface area contributed by atoms with E-state index in [1.807, 2.05) is 6.07 Å². The molecule has 14 heteroatoms. The van der Waals surface area contributed by atoms with Crippen LogP contribution in [0.5, 0.6) is 0 Å². The van der Waals surface area contributed by atoms with Crippen molar-refractivity contribution >= 4 is 27.5 Å². The Morgan fingerprint density at radius 1 is 1.23 bits per heavy atom. The molecule has 0 radical (unpaired) electrons. The number of hydrogen-bond donors (Lipinski definition) is 3. The van der Waals surface area contributed by atoms with Gasteiger partial charge in [-0.25, -0.2) is 9.52 Å². The molecule has 178 valence electrons. The minimum atomic E-state index is -5.08. The van der Waals surface area contributed by atoms with Gasteiger partial charge in [0.15, 0.2) is 0 Å². The second-order valence-electron chi connectivity index (χ2n) is 7.18. The van der Waals surface area contributed by atoms with Crippen LogP contribution in [0.4, 0.5) is 13.2 Å². The largest absolute Gasteiger partial charge is 0.490 e. The summed E-state index contributed by atoms with van der Waals surface area (Å²) < 4.78 is 61.2. The van der Waals surface area contributed by atoms with Crippen molar-refractivity contribution in [2.45, 2.75) is 12.2 Å². The van der Waals surface area contributed by atoms with E-state index in [1.54, 1.807) is 15.6 Å². The van der Waals surface area contributed by atoms with E-state index in [0.717, 1.165) is 26.2 Å². The first-order valence-corrected chi connectivity index (χ1v) is 12.0. The first-order valence-electron chi connectivity index (χ1n) is 9.72. The zero-order valence-corrected chi connectivity index (χ0v) is 18.8. The molecule has 3 rings (SSSR count). The molecule has 0 bridgehead atoms. The van der Waals surface area contributed by atoms with Gasteiger partial charge in [-0.1, -0.05) is 6.07 Å². The summed E-state index contributed by atoms with van der Waals surface area (Å²) >= 11 is 1.70. The normalized spacial score (nSPS) is 20.6. The van der Waals surface area contributed by atoms with E-state index in [1.165, 1.54) is 4.88 Å². The third-order valence-electron chi connectivity index (χ3n) is 4.97. The number of rotatable bonds is 6.